The summed E-state index contributed by atoms with van der Waals surface area (Å²) >= 11 is 0. The van der Waals surface area contributed by atoms with Crippen molar-refractivity contribution in [1.82, 2.24) is 20.2 Å². The summed E-state index contributed by atoms with van der Waals surface area (Å²) < 4.78 is 16.4. The summed E-state index contributed by atoms with van der Waals surface area (Å²) in [5.41, 5.74) is 0.929. The zero-order valence-corrected chi connectivity index (χ0v) is 17.2. The van der Waals surface area contributed by atoms with Crippen LogP contribution in [0.15, 0.2) is 30.6 Å². The second-order valence-electron chi connectivity index (χ2n) is 6.93. The number of carbonyl (C=O) groups is 1. The summed E-state index contributed by atoms with van der Waals surface area (Å²) in [4.78, 5) is 24.7. The lowest BCUT2D eigenvalue weighted by Gasteiger charge is -2.18. The van der Waals surface area contributed by atoms with E-state index in [2.05, 4.69) is 15.3 Å². The fourth-order valence-corrected chi connectivity index (χ4v) is 3.07. The third-order valence-corrected chi connectivity index (χ3v) is 4.67. The molecule has 2 amide bonds. The van der Waals surface area contributed by atoms with Crippen LogP contribution >= 0.6 is 0 Å². The first-order valence-corrected chi connectivity index (χ1v) is 9.40. The first kappa shape index (κ1) is 20.5. The van der Waals surface area contributed by atoms with Gasteiger partial charge in [-0.25, -0.2) is 4.79 Å². The number of anilines is 1. The molecular formula is C20H27N5O4. The summed E-state index contributed by atoms with van der Waals surface area (Å²) in [6.07, 6.45) is 3.91. The van der Waals surface area contributed by atoms with Crippen LogP contribution in [0.4, 0.5) is 10.6 Å². The van der Waals surface area contributed by atoms with Crippen molar-refractivity contribution in [2.24, 2.45) is 0 Å². The minimum atomic E-state index is -0.126. The third-order valence-electron chi connectivity index (χ3n) is 4.67. The molecule has 0 aliphatic carbocycles. The topological polar surface area (TPSA) is 89.0 Å². The Hall–Kier alpha value is -3.23. The maximum absolute atomic E-state index is 12.5. The molecular weight excluding hydrogens is 374 g/mol. The van der Waals surface area contributed by atoms with Crippen LogP contribution in [0.1, 0.15) is 12.0 Å². The Labute approximate surface area is 170 Å². The fourth-order valence-electron chi connectivity index (χ4n) is 3.07. The first-order valence-electron chi connectivity index (χ1n) is 9.40. The number of rotatable bonds is 7. The Morgan fingerprint density at radius 1 is 1.24 bits per heavy atom. The van der Waals surface area contributed by atoms with Gasteiger partial charge in [0.25, 0.3) is 0 Å². The van der Waals surface area contributed by atoms with E-state index >= 15 is 0 Å². The van der Waals surface area contributed by atoms with Crippen molar-refractivity contribution in [2.75, 3.05) is 46.3 Å². The van der Waals surface area contributed by atoms with Gasteiger partial charge in [0.15, 0.2) is 17.3 Å². The van der Waals surface area contributed by atoms with Gasteiger partial charge in [0.2, 0.25) is 5.88 Å². The van der Waals surface area contributed by atoms with Gasteiger partial charge in [-0.3, -0.25) is 4.98 Å². The summed E-state index contributed by atoms with van der Waals surface area (Å²) in [6.45, 7) is 1.53. The lowest BCUT2D eigenvalue weighted by molar-refractivity contribution is 0.182. The lowest BCUT2D eigenvalue weighted by atomic mass is 10.2. The molecule has 1 fully saturated rings. The highest BCUT2D eigenvalue weighted by atomic mass is 16.5. The molecule has 2 heterocycles. The zero-order chi connectivity index (χ0) is 20.8. The van der Waals surface area contributed by atoms with Crippen molar-refractivity contribution in [3.63, 3.8) is 0 Å². The highest BCUT2D eigenvalue weighted by Gasteiger charge is 2.28. The molecule has 29 heavy (non-hydrogen) atoms. The maximum atomic E-state index is 12.5. The Kier molecular flexibility index (Phi) is 6.58. The molecule has 1 aliphatic heterocycles. The van der Waals surface area contributed by atoms with E-state index in [1.807, 2.05) is 37.2 Å². The monoisotopic (exact) mass is 401 g/mol. The predicted molar refractivity (Wildman–Crippen MR) is 109 cm³/mol. The van der Waals surface area contributed by atoms with Crippen LogP contribution in [0, 0.1) is 0 Å². The van der Waals surface area contributed by atoms with Gasteiger partial charge in [-0.2, -0.15) is 4.98 Å². The largest absolute Gasteiger partial charge is 0.493 e. The molecule has 2 aromatic rings. The molecule has 0 bridgehead atoms. The Bertz CT molecular complexity index is 845. The number of likely N-dealkylation sites (tertiary alicyclic amines) is 1. The summed E-state index contributed by atoms with van der Waals surface area (Å²) in [7, 11) is 6.97. The average Bonchev–Trinajstić information content (AvgIpc) is 3.20. The molecule has 1 saturated heterocycles. The number of carbonyl (C=O) groups excluding carboxylic acids is 1. The van der Waals surface area contributed by atoms with E-state index in [0.29, 0.717) is 37.0 Å². The molecule has 0 saturated carbocycles. The molecule has 1 N–H and O–H groups in total. The molecule has 9 heteroatoms. The molecule has 156 valence electrons. The van der Waals surface area contributed by atoms with Gasteiger partial charge < -0.3 is 29.3 Å². The van der Waals surface area contributed by atoms with Gasteiger partial charge in [-0.15, -0.1) is 0 Å². The number of hydrogen-bond acceptors (Lipinski definition) is 7. The van der Waals surface area contributed by atoms with Gasteiger partial charge in [-0.05, 0) is 17.7 Å². The van der Waals surface area contributed by atoms with E-state index in [-0.39, 0.29) is 12.1 Å². The number of ether oxygens (including phenoxy) is 3. The van der Waals surface area contributed by atoms with E-state index in [9.17, 15) is 4.79 Å². The molecule has 1 aromatic heterocycles. The van der Waals surface area contributed by atoms with Gasteiger partial charge in [-0.1, -0.05) is 6.07 Å². The lowest BCUT2D eigenvalue weighted by Crippen LogP contribution is -2.39. The van der Waals surface area contributed by atoms with E-state index in [1.165, 1.54) is 0 Å². The van der Waals surface area contributed by atoms with Crippen molar-refractivity contribution in [3.05, 3.63) is 36.2 Å². The number of nitrogens with zero attached hydrogens (tertiary/aromatic N) is 4. The zero-order valence-electron chi connectivity index (χ0n) is 17.2. The molecule has 1 aliphatic rings. The van der Waals surface area contributed by atoms with Crippen molar-refractivity contribution < 1.29 is 19.0 Å². The highest BCUT2D eigenvalue weighted by molar-refractivity contribution is 5.74. The van der Waals surface area contributed by atoms with E-state index in [1.54, 1.807) is 31.5 Å². The molecule has 9 nitrogen and oxygen atoms in total. The molecule has 1 atom stereocenters. The van der Waals surface area contributed by atoms with Crippen molar-refractivity contribution in [3.8, 4) is 17.4 Å². The number of hydrogen-bond donors (Lipinski definition) is 1. The molecule has 0 spiro atoms. The minimum Gasteiger partial charge on any atom is -0.493 e. The second kappa shape index (κ2) is 9.31. The predicted octanol–water partition coefficient (Wildman–Crippen LogP) is 1.92. The number of methoxy groups -OCH3 is 2. The van der Waals surface area contributed by atoms with Crippen LogP contribution in [0.5, 0.6) is 17.4 Å². The van der Waals surface area contributed by atoms with Gasteiger partial charge in [0.05, 0.1) is 33.2 Å². The summed E-state index contributed by atoms with van der Waals surface area (Å²) in [6, 6.07) is 5.45. The molecule has 3 rings (SSSR count). The van der Waals surface area contributed by atoms with Crippen LogP contribution in [-0.4, -0.2) is 68.4 Å². The Balaban J connectivity index is 1.51. The quantitative estimate of drug-likeness (QED) is 0.758. The van der Waals surface area contributed by atoms with Crippen molar-refractivity contribution in [1.29, 1.82) is 0 Å². The van der Waals surface area contributed by atoms with Gasteiger partial charge in [0, 0.05) is 33.6 Å². The first-order chi connectivity index (χ1) is 14.0. The number of nitrogens with one attached hydrogen (secondary N) is 1. The van der Waals surface area contributed by atoms with Crippen molar-refractivity contribution >= 4 is 11.8 Å². The fraction of sp³-hybridized carbons (Fsp3) is 0.450. The van der Waals surface area contributed by atoms with Crippen LogP contribution in [-0.2, 0) is 6.54 Å². The smallest absolute Gasteiger partial charge is 0.317 e. The van der Waals surface area contributed by atoms with E-state index in [4.69, 9.17) is 14.2 Å². The molecule has 1 aromatic carbocycles. The van der Waals surface area contributed by atoms with Gasteiger partial charge in [0.1, 0.15) is 6.10 Å². The Morgan fingerprint density at radius 3 is 2.76 bits per heavy atom. The number of benzene rings is 1. The van der Waals surface area contributed by atoms with E-state index < -0.39 is 0 Å². The molecule has 1 unspecified atom stereocenters. The van der Waals surface area contributed by atoms with Crippen LogP contribution in [0.2, 0.25) is 0 Å². The number of aromatic nitrogens is 2. The summed E-state index contributed by atoms with van der Waals surface area (Å²) in [5.74, 6) is 2.48. The SMILES string of the molecule is COc1ccc(CNC(=O)N2CCC(Oc3cncc(N(C)C)n3)C2)cc1OC. The summed E-state index contributed by atoms with van der Waals surface area (Å²) in [5, 5.41) is 2.94. The van der Waals surface area contributed by atoms with Crippen LogP contribution in [0.3, 0.4) is 0 Å². The van der Waals surface area contributed by atoms with Crippen LogP contribution in [0.25, 0.3) is 0 Å². The Morgan fingerprint density at radius 2 is 2.03 bits per heavy atom. The van der Waals surface area contributed by atoms with Crippen molar-refractivity contribution in [2.45, 2.75) is 19.1 Å². The van der Waals surface area contributed by atoms with E-state index in [0.717, 1.165) is 17.8 Å². The van der Waals surface area contributed by atoms with Gasteiger partial charge >= 0.3 is 6.03 Å². The molecule has 0 radical (unpaired) electrons. The number of amides is 2. The number of urea groups is 1. The maximum Gasteiger partial charge on any atom is 0.317 e. The highest BCUT2D eigenvalue weighted by Crippen LogP contribution is 2.27. The average molecular weight is 401 g/mol. The third kappa shape index (κ3) is 5.18. The van der Waals surface area contributed by atoms with Crippen LogP contribution < -0.4 is 24.4 Å². The standard InChI is InChI=1S/C20H27N5O4/c1-24(2)18-11-21-12-19(23-18)29-15-7-8-25(13-15)20(26)22-10-14-5-6-16(27-3)17(9-14)28-4/h5-6,9,11-12,15H,7-8,10,13H2,1-4H3,(H,22,26). The second-order valence-corrected chi connectivity index (χ2v) is 6.93. The normalized spacial score (nSPS) is 15.7. The minimum absolute atomic E-state index is 0.103.